The monoisotopic (exact) mass is 637 g/mol. The zero-order valence-corrected chi connectivity index (χ0v) is 25.1. The number of nitrogens with zero attached hydrogens (tertiary/aromatic N) is 5. The summed E-state index contributed by atoms with van der Waals surface area (Å²) in [7, 11) is 1.74. The van der Waals surface area contributed by atoms with Crippen molar-refractivity contribution in [3.05, 3.63) is 28.8 Å². The number of likely N-dealkylation sites (tertiary alicyclic amines) is 1. The van der Waals surface area contributed by atoms with Crippen molar-refractivity contribution in [2.75, 3.05) is 43.9 Å². The fourth-order valence-corrected chi connectivity index (χ4v) is 5.95. The number of halogens is 6. The molecule has 1 aromatic carbocycles. The second-order valence-corrected chi connectivity index (χ2v) is 11.2. The van der Waals surface area contributed by atoms with E-state index < -0.39 is 69.7 Å². The molecule has 0 bridgehead atoms. The molecule has 15 heteroatoms. The number of ether oxygens (including phenoxy) is 2. The number of nitrogens with two attached hydrogens (primary N) is 2. The Kier molecular flexibility index (Phi) is 8.92. The summed E-state index contributed by atoms with van der Waals surface area (Å²) in [6.45, 7) is 4.80. The normalized spacial score (nSPS) is 21.8. The molecule has 0 aliphatic carbocycles. The van der Waals surface area contributed by atoms with Gasteiger partial charge in [0.1, 0.15) is 47.1 Å². The molecule has 4 N–H and O–H groups in total. The highest BCUT2D eigenvalue weighted by molar-refractivity contribution is 5.97. The molecule has 2 aromatic heterocycles. The number of alkyl halides is 4. The third-order valence-electron chi connectivity index (χ3n) is 8.23. The van der Waals surface area contributed by atoms with Crippen LogP contribution in [0.4, 0.5) is 37.8 Å². The number of anilines is 2. The molecule has 4 heterocycles. The van der Waals surface area contributed by atoms with E-state index in [0.29, 0.717) is 12.5 Å². The summed E-state index contributed by atoms with van der Waals surface area (Å²) in [5.41, 5.74) is 6.96. The van der Waals surface area contributed by atoms with E-state index in [2.05, 4.69) is 26.8 Å². The first kappa shape index (κ1) is 32.4. The Labute approximate surface area is 255 Å². The molecule has 0 radical (unpaired) electrons. The molecule has 5 rings (SSSR count). The maximum Gasteiger partial charge on any atom is 0.417 e. The lowest BCUT2D eigenvalue weighted by Gasteiger charge is -2.33. The van der Waals surface area contributed by atoms with Gasteiger partial charge in [-0.2, -0.15) is 23.1 Å². The largest absolute Gasteiger partial charge is 0.472 e. The van der Waals surface area contributed by atoms with Crippen molar-refractivity contribution < 1.29 is 35.8 Å². The van der Waals surface area contributed by atoms with Crippen LogP contribution < -0.4 is 25.8 Å². The van der Waals surface area contributed by atoms with Crippen molar-refractivity contribution in [1.82, 2.24) is 19.9 Å². The third-order valence-corrected chi connectivity index (χ3v) is 8.23. The van der Waals surface area contributed by atoms with Crippen molar-refractivity contribution in [2.45, 2.75) is 64.1 Å². The van der Waals surface area contributed by atoms with E-state index in [4.69, 9.17) is 20.9 Å². The molecule has 242 valence electrons. The second kappa shape index (κ2) is 12.4. The number of benzene rings is 1. The summed E-state index contributed by atoms with van der Waals surface area (Å²) in [5, 5.41) is -0.0157. The Morgan fingerprint density at radius 1 is 1.18 bits per heavy atom. The zero-order chi connectivity index (χ0) is 32.8. The fraction of sp³-hybridized carbons (Fsp3) is 0.500. The molecule has 0 spiro atoms. The lowest BCUT2D eigenvalue weighted by molar-refractivity contribution is -0.137. The first-order chi connectivity index (χ1) is 21.3. The average Bonchev–Trinajstić information content (AvgIpc) is 3.24. The molecule has 0 saturated carbocycles. The van der Waals surface area contributed by atoms with Gasteiger partial charge in [-0.15, -0.1) is 11.8 Å². The van der Waals surface area contributed by atoms with Gasteiger partial charge in [0.15, 0.2) is 5.82 Å². The van der Waals surface area contributed by atoms with Gasteiger partial charge in [-0.05, 0) is 45.9 Å². The Balaban J connectivity index is 1.78. The molecule has 2 aliphatic heterocycles. The second-order valence-electron chi connectivity index (χ2n) is 11.2. The summed E-state index contributed by atoms with van der Waals surface area (Å²) >= 11 is 0. The van der Waals surface area contributed by atoms with Gasteiger partial charge in [0.05, 0.1) is 17.3 Å². The minimum absolute atomic E-state index is 0.0157. The maximum atomic E-state index is 16.6. The van der Waals surface area contributed by atoms with Crippen LogP contribution in [0.15, 0.2) is 6.07 Å². The van der Waals surface area contributed by atoms with Crippen LogP contribution in [-0.4, -0.2) is 77.5 Å². The Hall–Kier alpha value is -4.03. The van der Waals surface area contributed by atoms with E-state index in [1.165, 1.54) is 0 Å². The molecule has 45 heavy (non-hydrogen) atoms. The smallest absolute Gasteiger partial charge is 0.417 e. The van der Waals surface area contributed by atoms with Crippen LogP contribution >= 0.6 is 0 Å². The maximum absolute atomic E-state index is 16.6. The number of aromatic nitrogens is 3. The van der Waals surface area contributed by atoms with Gasteiger partial charge in [0.2, 0.25) is 5.88 Å². The molecular formula is C30H33F6N7O2. The van der Waals surface area contributed by atoms with Crippen molar-refractivity contribution >= 4 is 22.4 Å². The van der Waals surface area contributed by atoms with Crippen molar-refractivity contribution in [1.29, 1.82) is 0 Å². The van der Waals surface area contributed by atoms with Gasteiger partial charge in [0, 0.05) is 37.7 Å². The minimum atomic E-state index is -5.09. The predicted octanol–water partition coefficient (Wildman–Crippen LogP) is 4.63. The van der Waals surface area contributed by atoms with Crippen LogP contribution in [-0.2, 0) is 6.18 Å². The molecule has 3 aromatic rings. The van der Waals surface area contributed by atoms with E-state index in [1.807, 2.05) is 0 Å². The summed E-state index contributed by atoms with van der Waals surface area (Å²) in [6.07, 6.45) is -6.26. The topological polar surface area (TPSA) is 116 Å². The highest BCUT2D eigenvalue weighted by Crippen LogP contribution is 2.46. The van der Waals surface area contributed by atoms with Crippen molar-refractivity contribution in [2.24, 2.45) is 5.73 Å². The number of pyridine rings is 1. The average molecular weight is 638 g/mol. The van der Waals surface area contributed by atoms with E-state index in [9.17, 15) is 22.0 Å². The summed E-state index contributed by atoms with van der Waals surface area (Å²) in [4.78, 5) is 16.6. The van der Waals surface area contributed by atoms with E-state index >= 15 is 4.39 Å². The highest BCUT2D eigenvalue weighted by atomic mass is 19.4. The van der Waals surface area contributed by atoms with Gasteiger partial charge < -0.3 is 25.8 Å². The molecule has 0 amide bonds. The summed E-state index contributed by atoms with van der Waals surface area (Å²) in [6, 6.07) is -0.463. The molecule has 4 atom stereocenters. The minimum Gasteiger partial charge on any atom is -0.472 e. The highest BCUT2D eigenvalue weighted by Gasteiger charge is 2.41. The van der Waals surface area contributed by atoms with Crippen molar-refractivity contribution in [3.63, 3.8) is 0 Å². The van der Waals surface area contributed by atoms with Crippen LogP contribution in [0.25, 0.3) is 22.2 Å². The quantitative estimate of drug-likeness (QED) is 0.217. The van der Waals surface area contributed by atoms with Crippen LogP contribution in [0.5, 0.6) is 11.9 Å². The van der Waals surface area contributed by atoms with Crippen LogP contribution in [0.1, 0.15) is 37.8 Å². The van der Waals surface area contributed by atoms with Crippen LogP contribution in [0.3, 0.4) is 0 Å². The lowest BCUT2D eigenvalue weighted by Crippen LogP contribution is -2.49. The van der Waals surface area contributed by atoms with Crippen LogP contribution in [0, 0.1) is 30.4 Å². The summed E-state index contributed by atoms with van der Waals surface area (Å²) in [5.74, 6) is 3.13. The number of rotatable bonds is 7. The number of nitrogen functional groups attached to an aromatic ring is 1. The van der Waals surface area contributed by atoms with Gasteiger partial charge in [-0.1, -0.05) is 0 Å². The first-order valence-corrected chi connectivity index (χ1v) is 14.3. The number of hydrogen-bond acceptors (Lipinski definition) is 9. The SMILES string of the molecule is CC#CCCN1c2nc(OC[C@@H]3C[C@@H](F)CN3C)nc3c(F)c(-c4cc(N)c(F)c(C)c4C(F)(F)F)nc(c23)O[C@@H](C)[C@@H]1CN. The van der Waals surface area contributed by atoms with Gasteiger partial charge >= 0.3 is 12.2 Å². The van der Waals surface area contributed by atoms with E-state index in [1.54, 1.807) is 30.7 Å². The van der Waals surface area contributed by atoms with E-state index in [-0.39, 0.29) is 61.8 Å². The Bertz CT molecular complexity index is 1680. The standard InChI is InChI=1S/C30H33F6N7O2/c1-5-6-7-8-43-20(11-37)15(3)45-28-21-26(40-29(41-27(21)43)44-13-17-9-16(31)12-42(17)4)24(33)25(39-28)18-10-19(38)23(32)14(2)22(18)30(34,35)36/h10,15-17,20H,7-9,11-13,37-38H2,1-4H3/t15-,16+,17-,20-/m0/s1. The Morgan fingerprint density at radius 3 is 2.53 bits per heavy atom. The predicted molar refractivity (Wildman–Crippen MR) is 157 cm³/mol. The summed E-state index contributed by atoms with van der Waals surface area (Å²) < 4.78 is 100. The molecule has 0 unspecified atom stereocenters. The van der Waals surface area contributed by atoms with Gasteiger partial charge in [0.25, 0.3) is 0 Å². The zero-order valence-electron chi connectivity index (χ0n) is 25.1. The van der Waals surface area contributed by atoms with Gasteiger partial charge in [-0.3, -0.25) is 4.90 Å². The third kappa shape index (κ3) is 6.00. The number of hydrogen-bond donors (Lipinski definition) is 2. The van der Waals surface area contributed by atoms with Crippen molar-refractivity contribution in [3.8, 4) is 35.0 Å². The van der Waals surface area contributed by atoms with Gasteiger partial charge in [-0.25, -0.2) is 18.2 Å². The molecule has 1 saturated heterocycles. The molecule has 1 fully saturated rings. The molecular weight excluding hydrogens is 604 g/mol. The van der Waals surface area contributed by atoms with E-state index in [0.717, 1.165) is 6.92 Å². The molecule has 2 aliphatic rings. The number of likely N-dealkylation sites (N-methyl/N-ethyl adjacent to an activating group) is 1. The Morgan fingerprint density at radius 2 is 1.91 bits per heavy atom. The van der Waals surface area contributed by atoms with Crippen LogP contribution in [0.2, 0.25) is 0 Å². The molecule has 9 nitrogen and oxygen atoms in total. The first-order valence-electron chi connectivity index (χ1n) is 14.3. The fourth-order valence-electron chi connectivity index (χ4n) is 5.95. The lowest BCUT2D eigenvalue weighted by atomic mass is 9.96.